The van der Waals surface area contributed by atoms with Crippen molar-refractivity contribution in [1.82, 2.24) is 9.80 Å². The Hall–Kier alpha value is -2.82. The maximum absolute atomic E-state index is 13.5. The molecule has 9 nitrogen and oxygen atoms in total. The van der Waals surface area contributed by atoms with Gasteiger partial charge in [-0.1, -0.05) is 61.9 Å². The number of likely N-dealkylation sites (N-methyl/N-ethyl adjacent to an activating group) is 1. The molecule has 5 atom stereocenters. The summed E-state index contributed by atoms with van der Waals surface area (Å²) in [6.07, 6.45) is 0.485. The normalized spacial score (nSPS) is 25.5. The van der Waals surface area contributed by atoms with Crippen LogP contribution >= 0.6 is 0 Å². The second kappa shape index (κ2) is 14.4. The van der Waals surface area contributed by atoms with Crippen LogP contribution in [0.4, 0.5) is 0 Å². The maximum Gasteiger partial charge on any atom is 0.339 e. The zero-order valence-electron chi connectivity index (χ0n) is 24.1. The van der Waals surface area contributed by atoms with Gasteiger partial charge in [-0.3, -0.25) is 9.69 Å². The van der Waals surface area contributed by atoms with E-state index in [2.05, 4.69) is 23.8 Å². The number of benzene rings is 2. The number of nitrogens with zero attached hydrogens (tertiary/aromatic N) is 2. The number of hydrogen-bond acceptors (Lipinski definition) is 9. The Morgan fingerprint density at radius 2 is 1.61 bits per heavy atom. The molecule has 3 saturated heterocycles. The van der Waals surface area contributed by atoms with Gasteiger partial charge in [0.05, 0.1) is 31.9 Å². The van der Waals surface area contributed by atoms with Gasteiger partial charge in [-0.2, -0.15) is 0 Å². The molecule has 0 aliphatic carbocycles. The molecule has 0 saturated carbocycles. The van der Waals surface area contributed by atoms with Crippen LogP contribution in [0, 0.1) is 0 Å². The first-order valence-electron chi connectivity index (χ1n) is 14.8. The first-order chi connectivity index (χ1) is 20.0. The van der Waals surface area contributed by atoms with E-state index in [1.807, 2.05) is 42.5 Å². The average molecular weight is 567 g/mol. The molecule has 5 rings (SSSR count). The van der Waals surface area contributed by atoms with Gasteiger partial charge in [0.2, 0.25) is 0 Å². The van der Waals surface area contributed by atoms with Crippen LogP contribution in [0.15, 0.2) is 54.6 Å². The predicted octanol–water partition coefficient (Wildman–Crippen LogP) is 3.62. The largest absolute Gasteiger partial charge is 0.457 e. The topological polar surface area (TPSA) is 86.8 Å². The number of esters is 2. The quantitative estimate of drug-likeness (QED) is 0.358. The van der Waals surface area contributed by atoms with Crippen LogP contribution in [0.2, 0.25) is 0 Å². The molecule has 41 heavy (non-hydrogen) atoms. The number of piperazine rings is 1. The number of carbonyl (C=O) groups is 2. The average Bonchev–Trinajstić information content (AvgIpc) is 3.58. The highest BCUT2D eigenvalue weighted by Gasteiger charge is 2.50. The van der Waals surface area contributed by atoms with E-state index < -0.39 is 18.2 Å². The van der Waals surface area contributed by atoms with Crippen LogP contribution in [-0.4, -0.2) is 99.1 Å². The molecular weight excluding hydrogens is 524 g/mol. The third kappa shape index (κ3) is 7.72. The van der Waals surface area contributed by atoms with Gasteiger partial charge in [-0.25, -0.2) is 4.79 Å². The highest BCUT2D eigenvalue weighted by molar-refractivity contribution is 5.91. The molecule has 3 heterocycles. The predicted molar refractivity (Wildman–Crippen MR) is 152 cm³/mol. The van der Waals surface area contributed by atoms with E-state index in [9.17, 15) is 9.59 Å². The fourth-order valence-corrected chi connectivity index (χ4v) is 5.67. The van der Waals surface area contributed by atoms with E-state index in [0.717, 1.165) is 44.6 Å². The minimum absolute atomic E-state index is 0.227. The van der Waals surface area contributed by atoms with E-state index >= 15 is 0 Å². The Kier molecular flexibility index (Phi) is 10.4. The number of fused-ring (bicyclic) bond motifs is 1. The Balaban J connectivity index is 1.20. The highest BCUT2D eigenvalue weighted by Crippen LogP contribution is 2.33. The lowest BCUT2D eigenvalue weighted by molar-refractivity contribution is -0.151. The summed E-state index contributed by atoms with van der Waals surface area (Å²) in [5, 5.41) is 0. The van der Waals surface area contributed by atoms with Crippen molar-refractivity contribution in [2.45, 2.75) is 63.3 Å². The molecule has 0 aromatic heterocycles. The smallest absolute Gasteiger partial charge is 0.339 e. The van der Waals surface area contributed by atoms with E-state index in [4.69, 9.17) is 23.7 Å². The summed E-state index contributed by atoms with van der Waals surface area (Å²) < 4.78 is 30.0. The molecular formula is C32H42N2O7. The van der Waals surface area contributed by atoms with Crippen LogP contribution in [-0.2, 0) is 35.1 Å². The van der Waals surface area contributed by atoms with E-state index in [-0.39, 0.29) is 37.4 Å². The van der Waals surface area contributed by atoms with Gasteiger partial charge in [0, 0.05) is 31.7 Å². The molecule has 0 amide bonds. The lowest BCUT2D eigenvalue weighted by Gasteiger charge is -2.32. The summed E-state index contributed by atoms with van der Waals surface area (Å²) in [5.41, 5.74) is 2.15. The van der Waals surface area contributed by atoms with Crippen molar-refractivity contribution in [3.05, 3.63) is 71.3 Å². The SMILES string of the molecule is CCCC[C@H](OC(=O)CN1CCN(C)CC1)c1ccccc1C(=O)O[C@@H]1CO[C@H]2[C@@H]1OC[C@@H]2OCc1ccccc1. The second-order valence-corrected chi connectivity index (χ2v) is 11.2. The molecule has 222 valence electrons. The zero-order valence-corrected chi connectivity index (χ0v) is 24.1. The van der Waals surface area contributed by atoms with E-state index in [0.29, 0.717) is 30.8 Å². The van der Waals surface area contributed by atoms with Gasteiger partial charge in [0.25, 0.3) is 0 Å². The number of hydrogen-bond donors (Lipinski definition) is 0. The lowest BCUT2D eigenvalue weighted by atomic mass is 9.98. The Morgan fingerprint density at radius 3 is 2.37 bits per heavy atom. The fraction of sp³-hybridized carbons (Fsp3) is 0.562. The van der Waals surface area contributed by atoms with Crippen LogP contribution in [0.1, 0.15) is 53.8 Å². The van der Waals surface area contributed by atoms with Gasteiger partial charge in [-0.15, -0.1) is 0 Å². The first-order valence-corrected chi connectivity index (χ1v) is 14.8. The molecule has 0 unspecified atom stereocenters. The molecule has 0 N–H and O–H groups in total. The lowest BCUT2D eigenvalue weighted by Crippen LogP contribution is -2.46. The second-order valence-electron chi connectivity index (χ2n) is 11.2. The Labute approximate surface area is 242 Å². The fourth-order valence-electron chi connectivity index (χ4n) is 5.67. The molecule has 3 aliphatic rings. The summed E-state index contributed by atoms with van der Waals surface area (Å²) in [7, 11) is 2.08. The number of ether oxygens (including phenoxy) is 5. The summed E-state index contributed by atoms with van der Waals surface area (Å²) >= 11 is 0. The summed E-state index contributed by atoms with van der Waals surface area (Å²) in [6.45, 7) is 6.96. The van der Waals surface area contributed by atoms with Crippen molar-refractivity contribution in [3.8, 4) is 0 Å². The van der Waals surface area contributed by atoms with Gasteiger partial charge in [0.15, 0.2) is 6.10 Å². The van der Waals surface area contributed by atoms with Crippen molar-refractivity contribution in [2.75, 3.05) is 53.0 Å². The first kappa shape index (κ1) is 29.7. The van der Waals surface area contributed by atoms with Gasteiger partial charge < -0.3 is 28.6 Å². The third-order valence-electron chi connectivity index (χ3n) is 8.10. The molecule has 3 fully saturated rings. The van der Waals surface area contributed by atoms with Crippen molar-refractivity contribution < 1.29 is 33.3 Å². The molecule has 3 aliphatic heterocycles. The van der Waals surface area contributed by atoms with Gasteiger partial charge in [-0.05, 0) is 31.5 Å². The molecule has 2 aromatic rings. The van der Waals surface area contributed by atoms with Crippen LogP contribution in [0.5, 0.6) is 0 Å². The van der Waals surface area contributed by atoms with Crippen LogP contribution in [0.3, 0.4) is 0 Å². The number of unbranched alkanes of at least 4 members (excludes halogenated alkanes) is 1. The summed E-state index contributed by atoms with van der Waals surface area (Å²) in [5.74, 6) is -0.740. The number of rotatable bonds is 12. The highest BCUT2D eigenvalue weighted by atomic mass is 16.7. The standard InChI is InChI=1S/C32H42N2O7/c1-3-4-14-26(40-29(35)19-34-17-15-33(2)16-18-34)24-12-8-9-13-25(24)32(36)41-28-22-39-30-27(21-38-31(28)30)37-20-23-10-6-5-7-11-23/h5-13,26-28,30-31H,3-4,14-22H2,1-2H3/t26-,27-,28+,30+,31+/m0/s1. The maximum atomic E-state index is 13.5. The van der Waals surface area contributed by atoms with Crippen LogP contribution < -0.4 is 0 Å². The zero-order chi connectivity index (χ0) is 28.6. The van der Waals surface area contributed by atoms with Crippen molar-refractivity contribution >= 4 is 11.9 Å². The minimum Gasteiger partial charge on any atom is -0.457 e. The molecule has 9 heteroatoms. The summed E-state index contributed by atoms with van der Waals surface area (Å²) in [4.78, 5) is 30.8. The molecule has 0 spiro atoms. The molecule has 0 bridgehead atoms. The Morgan fingerprint density at radius 1 is 0.927 bits per heavy atom. The van der Waals surface area contributed by atoms with Gasteiger partial charge in [0.1, 0.15) is 24.4 Å². The number of carbonyl (C=O) groups excluding carboxylic acids is 2. The van der Waals surface area contributed by atoms with E-state index in [1.54, 1.807) is 12.1 Å². The molecule has 0 radical (unpaired) electrons. The van der Waals surface area contributed by atoms with Crippen molar-refractivity contribution in [2.24, 2.45) is 0 Å². The monoisotopic (exact) mass is 566 g/mol. The molecule has 2 aromatic carbocycles. The Bertz CT molecular complexity index is 1140. The third-order valence-corrected chi connectivity index (χ3v) is 8.10. The van der Waals surface area contributed by atoms with Gasteiger partial charge >= 0.3 is 11.9 Å². The van der Waals surface area contributed by atoms with Crippen molar-refractivity contribution in [1.29, 1.82) is 0 Å². The van der Waals surface area contributed by atoms with E-state index in [1.165, 1.54) is 0 Å². The minimum atomic E-state index is -0.542. The van der Waals surface area contributed by atoms with Crippen LogP contribution in [0.25, 0.3) is 0 Å². The van der Waals surface area contributed by atoms with Crippen molar-refractivity contribution in [3.63, 3.8) is 0 Å². The summed E-state index contributed by atoms with van der Waals surface area (Å²) in [6, 6.07) is 17.2.